The Balaban J connectivity index is 1.87. The standard InChI is InChI=1S/C15H23N3O/c1-11-3-5-13(6-4-11)12(2)17-10-15(7-8-15)9-14(16)18-19/h3-6,12,17,19H,7-10H2,1-2H3,(H2,16,18)/t12-/m1/s1. The van der Waals surface area contributed by atoms with E-state index in [-0.39, 0.29) is 5.41 Å². The number of nitrogens with zero attached hydrogens (tertiary/aromatic N) is 1. The van der Waals surface area contributed by atoms with E-state index in [0.717, 1.165) is 19.4 Å². The molecule has 19 heavy (non-hydrogen) atoms. The molecule has 0 amide bonds. The minimum atomic E-state index is 0.204. The van der Waals surface area contributed by atoms with Gasteiger partial charge in [-0.15, -0.1) is 0 Å². The molecule has 1 fully saturated rings. The highest BCUT2D eigenvalue weighted by atomic mass is 16.4. The van der Waals surface area contributed by atoms with Crippen molar-refractivity contribution < 1.29 is 5.21 Å². The first-order chi connectivity index (χ1) is 9.04. The summed E-state index contributed by atoms with van der Waals surface area (Å²) < 4.78 is 0. The highest BCUT2D eigenvalue weighted by Gasteiger charge is 2.43. The zero-order valence-electron chi connectivity index (χ0n) is 11.7. The maximum absolute atomic E-state index is 8.65. The van der Waals surface area contributed by atoms with Gasteiger partial charge in [-0.05, 0) is 37.7 Å². The van der Waals surface area contributed by atoms with Gasteiger partial charge >= 0.3 is 0 Å². The van der Waals surface area contributed by atoms with Crippen molar-refractivity contribution in [1.29, 1.82) is 0 Å². The van der Waals surface area contributed by atoms with Gasteiger partial charge in [0.2, 0.25) is 0 Å². The summed E-state index contributed by atoms with van der Waals surface area (Å²) in [6, 6.07) is 8.92. The third-order valence-corrected chi connectivity index (χ3v) is 4.00. The smallest absolute Gasteiger partial charge is 0.139 e. The third kappa shape index (κ3) is 3.70. The van der Waals surface area contributed by atoms with Gasteiger partial charge in [0.25, 0.3) is 0 Å². The van der Waals surface area contributed by atoms with Crippen LogP contribution in [-0.2, 0) is 0 Å². The molecule has 4 N–H and O–H groups in total. The molecule has 2 rings (SSSR count). The summed E-state index contributed by atoms with van der Waals surface area (Å²) in [5.74, 6) is 0.335. The van der Waals surface area contributed by atoms with Crippen molar-refractivity contribution in [3.8, 4) is 0 Å². The molecule has 1 aromatic carbocycles. The largest absolute Gasteiger partial charge is 0.409 e. The van der Waals surface area contributed by atoms with Crippen LogP contribution >= 0.6 is 0 Å². The van der Waals surface area contributed by atoms with Crippen LogP contribution in [0.5, 0.6) is 0 Å². The van der Waals surface area contributed by atoms with Crippen LogP contribution in [0.2, 0.25) is 0 Å². The van der Waals surface area contributed by atoms with E-state index in [2.05, 4.69) is 48.6 Å². The van der Waals surface area contributed by atoms with Crippen molar-refractivity contribution >= 4 is 5.84 Å². The Morgan fingerprint density at radius 1 is 1.42 bits per heavy atom. The van der Waals surface area contributed by atoms with Crippen LogP contribution in [0.25, 0.3) is 0 Å². The number of rotatable bonds is 6. The molecule has 4 heteroatoms. The maximum atomic E-state index is 8.65. The summed E-state index contributed by atoms with van der Waals surface area (Å²) in [6.45, 7) is 5.18. The molecular formula is C15H23N3O. The second kappa shape index (κ2) is 5.61. The number of amidine groups is 1. The first-order valence-corrected chi connectivity index (χ1v) is 6.81. The summed E-state index contributed by atoms with van der Waals surface area (Å²) in [5.41, 5.74) is 8.38. The highest BCUT2D eigenvalue weighted by molar-refractivity contribution is 5.80. The van der Waals surface area contributed by atoms with E-state index in [9.17, 15) is 0 Å². The average Bonchev–Trinajstić information content (AvgIpc) is 3.17. The molecule has 1 aliphatic carbocycles. The molecule has 1 saturated carbocycles. The molecule has 0 aliphatic heterocycles. The van der Waals surface area contributed by atoms with Crippen LogP contribution in [0.1, 0.15) is 43.4 Å². The molecule has 1 atom stereocenters. The van der Waals surface area contributed by atoms with E-state index < -0.39 is 0 Å². The Kier molecular flexibility index (Phi) is 4.10. The van der Waals surface area contributed by atoms with Crippen molar-refractivity contribution in [3.63, 3.8) is 0 Å². The Morgan fingerprint density at radius 2 is 2.05 bits per heavy atom. The zero-order chi connectivity index (χ0) is 13.9. The van der Waals surface area contributed by atoms with E-state index in [0.29, 0.717) is 18.3 Å². The lowest BCUT2D eigenvalue weighted by molar-refractivity contribution is 0.313. The molecular weight excluding hydrogens is 238 g/mol. The minimum Gasteiger partial charge on any atom is -0.409 e. The average molecular weight is 261 g/mol. The lowest BCUT2D eigenvalue weighted by atomic mass is 10.00. The predicted octanol–water partition coefficient (Wildman–Crippen LogP) is 2.56. The predicted molar refractivity (Wildman–Crippen MR) is 77.3 cm³/mol. The molecule has 104 valence electrons. The summed E-state index contributed by atoms with van der Waals surface area (Å²) in [6.07, 6.45) is 2.98. The number of nitrogens with two attached hydrogens (primary N) is 1. The van der Waals surface area contributed by atoms with Gasteiger partial charge in [-0.25, -0.2) is 0 Å². The molecule has 1 aromatic rings. The second-order valence-corrected chi connectivity index (χ2v) is 5.78. The molecule has 0 heterocycles. The fraction of sp³-hybridized carbons (Fsp3) is 0.533. The number of oxime groups is 1. The zero-order valence-corrected chi connectivity index (χ0v) is 11.7. The van der Waals surface area contributed by atoms with Gasteiger partial charge in [0.15, 0.2) is 0 Å². The van der Waals surface area contributed by atoms with E-state index in [1.807, 2.05) is 0 Å². The lowest BCUT2D eigenvalue weighted by Gasteiger charge is -2.20. The van der Waals surface area contributed by atoms with Crippen LogP contribution in [0.3, 0.4) is 0 Å². The Morgan fingerprint density at radius 3 is 2.58 bits per heavy atom. The molecule has 0 spiro atoms. The Labute approximate surface area is 114 Å². The second-order valence-electron chi connectivity index (χ2n) is 5.78. The molecule has 0 radical (unpaired) electrons. The van der Waals surface area contributed by atoms with Gasteiger partial charge in [0.1, 0.15) is 5.84 Å². The van der Waals surface area contributed by atoms with Crippen molar-refractivity contribution in [1.82, 2.24) is 5.32 Å². The number of hydrogen-bond acceptors (Lipinski definition) is 3. The third-order valence-electron chi connectivity index (χ3n) is 4.00. The fourth-order valence-electron chi connectivity index (χ4n) is 2.35. The molecule has 4 nitrogen and oxygen atoms in total. The molecule has 0 bridgehead atoms. The Bertz CT molecular complexity index is 449. The van der Waals surface area contributed by atoms with Crippen molar-refractivity contribution in [2.24, 2.45) is 16.3 Å². The van der Waals surface area contributed by atoms with Crippen LogP contribution in [0.15, 0.2) is 29.4 Å². The number of aryl methyl sites for hydroxylation is 1. The van der Waals surface area contributed by atoms with Crippen LogP contribution < -0.4 is 11.1 Å². The normalized spacial score (nSPS) is 19.2. The fourth-order valence-corrected chi connectivity index (χ4v) is 2.35. The van der Waals surface area contributed by atoms with Gasteiger partial charge in [-0.3, -0.25) is 0 Å². The molecule has 0 saturated heterocycles. The highest BCUT2D eigenvalue weighted by Crippen LogP contribution is 2.48. The molecule has 1 aliphatic rings. The first-order valence-electron chi connectivity index (χ1n) is 6.81. The van der Waals surface area contributed by atoms with E-state index in [1.165, 1.54) is 11.1 Å². The van der Waals surface area contributed by atoms with Crippen molar-refractivity contribution in [3.05, 3.63) is 35.4 Å². The van der Waals surface area contributed by atoms with Crippen LogP contribution in [-0.4, -0.2) is 17.6 Å². The molecule has 0 unspecified atom stereocenters. The Hall–Kier alpha value is -1.55. The number of benzene rings is 1. The number of hydrogen-bond donors (Lipinski definition) is 3. The van der Waals surface area contributed by atoms with Gasteiger partial charge in [-0.1, -0.05) is 35.0 Å². The summed E-state index contributed by atoms with van der Waals surface area (Å²) >= 11 is 0. The van der Waals surface area contributed by atoms with E-state index >= 15 is 0 Å². The maximum Gasteiger partial charge on any atom is 0.139 e. The van der Waals surface area contributed by atoms with Gasteiger partial charge in [-0.2, -0.15) is 0 Å². The van der Waals surface area contributed by atoms with Gasteiger partial charge in [0.05, 0.1) is 0 Å². The SMILES string of the molecule is Cc1ccc([C@@H](C)NCC2(C/C(N)=N/O)CC2)cc1. The minimum absolute atomic E-state index is 0.204. The number of nitrogens with one attached hydrogen (secondary N) is 1. The monoisotopic (exact) mass is 261 g/mol. The molecule has 0 aromatic heterocycles. The summed E-state index contributed by atoms with van der Waals surface area (Å²) in [4.78, 5) is 0. The van der Waals surface area contributed by atoms with Crippen molar-refractivity contribution in [2.45, 2.75) is 39.2 Å². The quantitative estimate of drug-likeness (QED) is 0.319. The van der Waals surface area contributed by atoms with Crippen LogP contribution in [0.4, 0.5) is 0 Å². The summed E-state index contributed by atoms with van der Waals surface area (Å²) in [7, 11) is 0. The van der Waals surface area contributed by atoms with E-state index in [4.69, 9.17) is 10.9 Å². The van der Waals surface area contributed by atoms with Crippen LogP contribution in [0, 0.1) is 12.3 Å². The lowest BCUT2D eigenvalue weighted by Crippen LogP contribution is -2.30. The van der Waals surface area contributed by atoms with Gasteiger partial charge < -0.3 is 16.3 Å². The topological polar surface area (TPSA) is 70.6 Å². The van der Waals surface area contributed by atoms with Crippen molar-refractivity contribution in [2.75, 3.05) is 6.54 Å². The van der Waals surface area contributed by atoms with Gasteiger partial charge in [0, 0.05) is 19.0 Å². The van der Waals surface area contributed by atoms with E-state index in [1.54, 1.807) is 0 Å². The first kappa shape index (κ1) is 13.9. The summed E-state index contributed by atoms with van der Waals surface area (Å²) in [5, 5.41) is 15.3.